The molecule has 2 saturated carbocycles. The third kappa shape index (κ3) is 4.23. The number of aliphatic hydroxyl groups excluding tert-OH is 1. The van der Waals surface area contributed by atoms with Gasteiger partial charge in [0.25, 0.3) is 0 Å². The largest absolute Gasteiger partial charge is 0.444 e. The minimum absolute atomic E-state index is 0.0939. The average molecular weight is 338 g/mol. The maximum atomic E-state index is 12.1. The minimum atomic E-state index is -0.414. The van der Waals surface area contributed by atoms with Crippen molar-refractivity contribution < 1.29 is 14.6 Å². The Morgan fingerprint density at radius 2 is 1.92 bits per heavy atom. The molecule has 1 aliphatic heterocycles. The van der Waals surface area contributed by atoms with E-state index in [0.29, 0.717) is 17.4 Å². The normalized spacial score (nSPS) is 30.4. The van der Waals surface area contributed by atoms with Crippen molar-refractivity contribution in [2.45, 2.75) is 83.5 Å². The van der Waals surface area contributed by atoms with E-state index in [4.69, 9.17) is 4.74 Å². The van der Waals surface area contributed by atoms with E-state index in [1.165, 1.54) is 19.3 Å². The number of amides is 1. The molecule has 0 aromatic heterocycles. The predicted octanol–water partition coefficient (Wildman–Crippen LogP) is 2.92. The van der Waals surface area contributed by atoms with Crippen LogP contribution in [0.15, 0.2) is 0 Å². The third-order valence-corrected chi connectivity index (χ3v) is 6.12. The number of likely N-dealkylation sites (tertiary alicyclic amines) is 1. The predicted molar refractivity (Wildman–Crippen MR) is 93.8 cm³/mol. The number of nitrogens with zero attached hydrogens (tertiary/aromatic N) is 1. The van der Waals surface area contributed by atoms with Gasteiger partial charge in [-0.05, 0) is 70.6 Å². The van der Waals surface area contributed by atoms with Gasteiger partial charge in [0, 0.05) is 25.7 Å². The van der Waals surface area contributed by atoms with E-state index in [1.54, 1.807) is 0 Å². The fourth-order valence-electron chi connectivity index (χ4n) is 4.60. The topological polar surface area (TPSA) is 61.8 Å². The standard InChI is InChI=1S/C19H34N2O3/c1-18(2,3)24-17(23)21-9-7-19(8-10-21)11-15(12-19)20-13-14-5-4-6-16(14)22/h14-16,20,22H,4-13H2,1-3H3. The van der Waals surface area contributed by atoms with Gasteiger partial charge in [0.1, 0.15) is 5.60 Å². The van der Waals surface area contributed by atoms with Crippen molar-refractivity contribution in [1.29, 1.82) is 0 Å². The fraction of sp³-hybridized carbons (Fsp3) is 0.947. The molecule has 5 nitrogen and oxygen atoms in total. The Bertz CT molecular complexity index is 444. The summed E-state index contributed by atoms with van der Waals surface area (Å²) in [5.41, 5.74) is 0.0208. The summed E-state index contributed by atoms with van der Waals surface area (Å²) < 4.78 is 5.47. The molecule has 1 saturated heterocycles. The SMILES string of the molecule is CC(C)(C)OC(=O)N1CCC2(CC1)CC(NCC1CCCC1O)C2. The van der Waals surface area contributed by atoms with Crippen LogP contribution in [0.5, 0.6) is 0 Å². The Labute approximate surface area is 146 Å². The molecule has 2 aliphatic carbocycles. The quantitative estimate of drug-likeness (QED) is 0.830. The molecule has 2 N–H and O–H groups in total. The summed E-state index contributed by atoms with van der Waals surface area (Å²) in [6, 6.07) is 0.603. The van der Waals surface area contributed by atoms with Crippen molar-refractivity contribution >= 4 is 6.09 Å². The van der Waals surface area contributed by atoms with Gasteiger partial charge in [-0.25, -0.2) is 4.79 Å². The molecule has 3 aliphatic rings. The summed E-state index contributed by atoms with van der Waals surface area (Å²) in [5.74, 6) is 0.454. The number of nitrogens with one attached hydrogen (secondary N) is 1. The van der Waals surface area contributed by atoms with Gasteiger partial charge in [-0.1, -0.05) is 6.42 Å². The molecule has 138 valence electrons. The summed E-state index contributed by atoms with van der Waals surface area (Å²) in [6.07, 6.45) is 7.68. The van der Waals surface area contributed by atoms with Crippen molar-refractivity contribution in [3.05, 3.63) is 0 Å². The molecule has 24 heavy (non-hydrogen) atoms. The van der Waals surface area contributed by atoms with Crippen molar-refractivity contribution in [2.24, 2.45) is 11.3 Å². The molecule has 2 unspecified atom stereocenters. The molecule has 0 aromatic carbocycles. The number of rotatable bonds is 3. The number of aliphatic hydroxyl groups is 1. The van der Waals surface area contributed by atoms with Crippen LogP contribution in [0, 0.1) is 11.3 Å². The van der Waals surface area contributed by atoms with Crippen LogP contribution in [0.2, 0.25) is 0 Å². The molecular formula is C19H34N2O3. The number of carbonyl (C=O) groups excluding carboxylic acids is 1. The van der Waals surface area contributed by atoms with E-state index in [-0.39, 0.29) is 12.2 Å². The Morgan fingerprint density at radius 1 is 1.25 bits per heavy atom. The lowest BCUT2D eigenvalue weighted by Gasteiger charge is -2.52. The van der Waals surface area contributed by atoms with Crippen LogP contribution < -0.4 is 5.32 Å². The van der Waals surface area contributed by atoms with E-state index in [1.807, 2.05) is 25.7 Å². The maximum absolute atomic E-state index is 12.1. The molecule has 1 amide bonds. The van der Waals surface area contributed by atoms with Crippen LogP contribution in [-0.2, 0) is 4.74 Å². The average Bonchev–Trinajstić information content (AvgIpc) is 2.87. The summed E-state index contributed by atoms with van der Waals surface area (Å²) in [7, 11) is 0. The molecule has 3 rings (SSSR count). The second-order valence-corrected chi connectivity index (χ2v) is 9.24. The molecular weight excluding hydrogens is 304 g/mol. The van der Waals surface area contributed by atoms with Gasteiger partial charge in [-0.2, -0.15) is 0 Å². The van der Waals surface area contributed by atoms with Gasteiger partial charge in [0.2, 0.25) is 0 Å². The first-order valence-electron chi connectivity index (χ1n) is 9.66. The highest BCUT2D eigenvalue weighted by Gasteiger charge is 2.46. The van der Waals surface area contributed by atoms with Crippen molar-refractivity contribution in [3.63, 3.8) is 0 Å². The lowest BCUT2D eigenvalue weighted by molar-refractivity contribution is -0.0173. The number of piperidine rings is 1. The zero-order valence-corrected chi connectivity index (χ0v) is 15.5. The summed E-state index contributed by atoms with van der Waals surface area (Å²) >= 11 is 0. The number of ether oxygens (including phenoxy) is 1. The highest BCUT2D eigenvalue weighted by atomic mass is 16.6. The highest BCUT2D eigenvalue weighted by Crippen LogP contribution is 2.49. The smallest absolute Gasteiger partial charge is 0.410 e. The van der Waals surface area contributed by atoms with Crippen LogP contribution in [0.4, 0.5) is 4.79 Å². The lowest BCUT2D eigenvalue weighted by Crippen LogP contribution is -2.55. The first-order valence-corrected chi connectivity index (χ1v) is 9.66. The molecule has 0 bridgehead atoms. The fourth-order valence-corrected chi connectivity index (χ4v) is 4.60. The van der Waals surface area contributed by atoms with Gasteiger partial charge in [0.15, 0.2) is 0 Å². The van der Waals surface area contributed by atoms with Gasteiger partial charge in [0.05, 0.1) is 6.10 Å². The van der Waals surface area contributed by atoms with Crippen LogP contribution in [0.3, 0.4) is 0 Å². The summed E-state index contributed by atoms with van der Waals surface area (Å²) in [4.78, 5) is 14.0. The first-order chi connectivity index (χ1) is 11.3. The van der Waals surface area contributed by atoms with Crippen molar-refractivity contribution in [2.75, 3.05) is 19.6 Å². The van der Waals surface area contributed by atoms with Crippen molar-refractivity contribution in [1.82, 2.24) is 10.2 Å². The molecule has 0 radical (unpaired) electrons. The van der Waals surface area contributed by atoms with E-state index in [0.717, 1.165) is 45.3 Å². The minimum Gasteiger partial charge on any atom is -0.444 e. The Hall–Kier alpha value is -0.810. The Kier molecular flexibility index (Phi) is 5.12. The summed E-state index contributed by atoms with van der Waals surface area (Å²) in [5, 5.41) is 13.6. The lowest BCUT2D eigenvalue weighted by atomic mass is 9.60. The Morgan fingerprint density at radius 3 is 2.46 bits per heavy atom. The van der Waals surface area contributed by atoms with E-state index >= 15 is 0 Å². The maximum Gasteiger partial charge on any atom is 0.410 e. The Balaban J connectivity index is 1.36. The van der Waals surface area contributed by atoms with Gasteiger partial charge < -0.3 is 20.1 Å². The third-order valence-electron chi connectivity index (χ3n) is 6.12. The first kappa shape index (κ1) is 18.0. The van der Waals surface area contributed by atoms with Gasteiger partial charge in [-0.15, -0.1) is 0 Å². The molecule has 1 spiro atoms. The van der Waals surface area contributed by atoms with Crippen LogP contribution in [0.25, 0.3) is 0 Å². The number of hydrogen-bond acceptors (Lipinski definition) is 4. The van der Waals surface area contributed by atoms with Crippen LogP contribution in [-0.4, -0.2) is 53.5 Å². The number of hydrogen-bond donors (Lipinski definition) is 2. The van der Waals surface area contributed by atoms with E-state index < -0.39 is 5.60 Å². The number of carbonyl (C=O) groups is 1. The van der Waals surface area contributed by atoms with Crippen LogP contribution >= 0.6 is 0 Å². The van der Waals surface area contributed by atoms with E-state index in [2.05, 4.69) is 5.32 Å². The van der Waals surface area contributed by atoms with E-state index in [9.17, 15) is 9.90 Å². The summed E-state index contributed by atoms with van der Waals surface area (Å²) in [6.45, 7) is 8.36. The zero-order chi connectivity index (χ0) is 17.4. The van der Waals surface area contributed by atoms with Gasteiger partial charge >= 0.3 is 6.09 Å². The molecule has 2 atom stereocenters. The van der Waals surface area contributed by atoms with Gasteiger partial charge in [-0.3, -0.25) is 0 Å². The molecule has 1 heterocycles. The molecule has 3 fully saturated rings. The zero-order valence-electron chi connectivity index (χ0n) is 15.5. The van der Waals surface area contributed by atoms with Crippen LogP contribution in [0.1, 0.15) is 65.7 Å². The van der Waals surface area contributed by atoms with Crippen molar-refractivity contribution in [3.8, 4) is 0 Å². The monoisotopic (exact) mass is 338 g/mol. The highest BCUT2D eigenvalue weighted by molar-refractivity contribution is 5.68. The molecule has 5 heteroatoms. The molecule has 0 aromatic rings. The second-order valence-electron chi connectivity index (χ2n) is 9.24. The second kappa shape index (κ2) is 6.83.